The number of hydrogen-bond donors (Lipinski definition) is 2. The second-order valence-corrected chi connectivity index (χ2v) is 10.2. The highest BCUT2D eigenvalue weighted by Gasteiger charge is 2.45. The number of esters is 1. The van der Waals surface area contributed by atoms with Crippen LogP contribution < -0.4 is 11.1 Å². The van der Waals surface area contributed by atoms with Crippen LogP contribution in [0.3, 0.4) is 0 Å². The summed E-state index contributed by atoms with van der Waals surface area (Å²) in [5.74, 6) is -4.04. The zero-order valence-electron chi connectivity index (χ0n) is 22.8. The van der Waals surface area contributed by atoms with Gasteiger partial charge in [0.1, 0.15) is 23.6 Å². The van der Waals surface area contributed by atoms with Crippen molar-refractivity contribution in [2.45, 2.75) is 46.2 Å². The predicted octanol–water partition coefficient (Wildman–Crippen LogP) is 2.19. The number of ketones is 1. The molecule has 1 aliphatic heterocycles. The van der Waals surface area contributed by atoms with E-state index in [1.54, 1.807) is 40.8 Å². The van der Waals surface area contributed by atoms with Crippen LogP contribution in [0, 0.1) is 36.9 Å². The van der Waals surface area contributed by atoms with E-state index in [-0.39, 0.29) is 47.2 Å². The molecule has 0 bridgehead atoms. The van der Waals surface area contributed by atoms with E-state index in [1.165, 1.54) is 23.6 Å². The first-order chi connectivity index (χ1) is 18.2. The lowest BCUT2D eigenvalue weighted by atomic mass is 9.96. The number of nitrogens with zero attached hydrogens (tertiary/aromatic N) is 3. The third-order valence-electron chi connectivity index (χ3n) is 6.96. The SMILES string of the molecule is Cc1c(C(=O)C(=O)N(COC(=O)C(N)C(C)C)C2(C)COC2)c(C)n(C)c1C(=O)Nc1ccc(F)c(C#N)c1. The topological polar surface area (TPSA) is 157 Å². The fraction of sp³-hybridized carbons (Fsp3) is 0.444. The van der Waals surface area contributed by atoms with E-state index < -0.39 is 47.7 Å². The molecule has 1 aromatic heterocycles. The lowest BCUT2D eigenvalue weighted by molar-refractivity contribution is -0.181. The minimum atomic E-state index is -0.923. The summed E-state index contributed by atoms with van der Waals surface area (Å²) in [4.78, 5) is 53.7. The van der Waals surface area contributed by atoms with E-state index in [0.717, 1.165) is 11.0 Å². The molecule has 1 fully saturated rings. The van der Waals surface area contributed by atoms with Crippen LogP contribution >= 0.6 is 0 Å². The number of amides is 2. The van der Waals surface area contributed by atoms with Crippen LogP contribution in [0.4, 0.5) is 10.1 Å². The molecule has 208 valence electrons. The Morgan fingerprint density at radius 3 is 2.46 bits per heavy atom. The van der Waals surface area contributed by atoms with Crippen LogP contribution in [0.2, 0.25) is 0 Å². The summed E-state index contributed by atoms with van der Waals surface area (Å²) in [6, 6.07) is 4.37. The lowest BCUT2D eigenvalue weighted by Crippen LogP contribution is -2.64. The predicted molar refractivity (Wildman–Crippen MR) is 138 cm³/mol. The van der Waals surface area contributed by atoms with Crippen molar-refractivity contribution in [2.24, 2.45) is 18.7 Å². The second-order valence-electron chi connectivity index (χ2n) is 10.2. The van der Waals surface area contributed by atoms with Gasteiger partial charge in [-0.05, 0) is 50.5 Å². The van der Waals surface area contributed by atoms with Crippen molar-refractivity contribution < 1.29 is 33.0 Å². The van der Waals surface area contributed by atoms with Crippen LogP contribution in [0.1, 0.15) is 58.4 Å². The number of rotatable bonds is 9. The van der Waals surface area contributed by atoms with Gasteiger partial charge in [0.15, 0.2) is 6.73 Å². The van der Waals surface area contributed by atoms with Gasteiger partial charge in [0.05, 0.1) is 29.9 Å². The molecule has 3 rings (SSSR count). The van der Waals surface area contributed by atoms with Gasteiger partial charge in [0, 0.05) is 18.4 Å². The number of nitrogens with one attached hydrogen (secondary N) is 1. The third-order valence-corrected chi connectivity index (χ3v) is 6.96. The first-order valence-corrected chi connectivity index (χ1v) is 12.3. The minimum Gasteiger partial charge on any atom is -0.443 e. The van der Waals surface area contributed by atoms with Crippen LogP contribution in [-0.4, -0.2) is 64.6 Å². The quantitative estimate of drug-likeness (QED) is 0.212. The van der Waals surface area contributed by atoms with E-state index in [9.17, 15) is 23.6 Å². The summed E-state index contributed by atoms with van der Waals surface area (Å²) >= 11 is 0. The molecule has 0 spiro atoms. The number of aromatic nitrogens is 1. The average molecular weight is 542 g/mol. The molecular formula is C27H32FN5O6. The molecule has 1 unspecified atom stereocenters. The molecule has 1 saturated heterocycles. The Morgan fingerprint density at radius 2 is 1.92 bits per heavy atom. The van der Waals surface area contributed by atoms with Gasteiger partial charge in [-0.3, -0.25) is 24.1 Å². The van der Waals surface area contributed by atoms with E-state index in [0.29, 0.717) is 5.69 Å². The summed E-state index contributed by atoms with van der Waals surface area (Å²) in [5.41, 5.74) is 5.66. The van der Waals surface area contributed by atoms with Gasteiger partial charge in [-0.15, -0.1) is 0 Å². The largest absolute Gasteiger partial charge is 0.443 e. The van der Waals surface area contributed by atoms with Crippen LogP contribution in [0.5, 0.6) is 0 Å². The fourth-order valence-corrected chi connectivity index (χ4v) is 4.25. The van der Waals surface area contributed by atoms with Crippen molar-refractivity contribution in [2.75, 3.05) is 25.3 Å². The van der Waals surface area contributed by atoms with Crippen LogP contribution in [0.15, 0.2) is 18.2 Å². The van der Waals surface area contributed by atoms with E-state index in [4.69, 9.17) is 20.5 Å². The Morgan fingerprint density at radius 1 is 1.28 bits per heavy atom. The average Bonchev–Trinajstić information content (AvgIpc) is 3.10. The van der Waals surface area contributed by atoms with Crippen molar-refractivity contribution in [1.82, 2.24) is 9.47 Å². The number of nitrogens with two attached hydrogens (primary N) is 1. The van der Waals surface area contributed by atoms with Gasteiger partial charge in [0.2, 0.25) is 0 Å². The minimum absolute atomic E-state index is 0.0310. The molecule has 2 amide bonds. The number of nitriles is 1. The Balaban J connectivity index is 1.89. The molecule has 1 aromatic carbocycles. The molecular weight excluding hydrogens is 509 g/mol. The van der Waals surface area contributed by atoms with E-state index in [1.807, 2.05) is 0 Å². The number of benzene rings is 1. The number of ether oxygens (including phenoxy) is 2. The Kier molecular flexibility index (Phi) is 8.58. The molecule has 2 aromatic rings. The highest BCUT2D eigenvalue weighted by Crippen LogP contribution is 2.28. The zero-order valence-corrected chi connectivity index (χ0v) is 22.8. The summed E-state index contributed by atoms with van der Waals surface area (Å²) in [7, 11) is 1.57. The maximum atomic E-state index is 13.7. The zero-order chi connectivity index (χ0) is 29.2. The smallest absolute Gasteiger partial charge is 0.324 e. The molecule has 0 radical (unpaired) electrons. The Labute approximate surface area is 225 Å². The molecule has 1 atom stereocenters. The molecule has 2 heterocycles. The fourth-order valence-electron chi connectivity index (χ4n) is 4.25. The highest BCUT2D eigenvalue weighted by molar-refractivity contribution is 6.43. The highest BCUT2D eigenvalue weighted by atomic mass is 19.1. The lowest BCUT2D eigenvalue weighted by Gasteiger charge is -2.46. The van der Waals surface area contributed by atoms with E-state index >= 15 is 0 Å². The van der Waals surface area contributed by atoms with Gasteiger partial charge in [-0.2, -0.15) is 5.26 Å². The molecule has 1 aliphatic rings. The monoisotopic (exact) mass is 541 g/mol. The standard InChI is InChI=1S/C27H32FN5O6/c1-14(2)21(30)26(37)39-13-33(27(5)11-38-12-27)25(36)23(34)20-15(3)22(32(6)16(20)4)24(35)31-18-7-8-19(28)17(9-18)10-29/h7-9,14,21H,11-13,30H2,1-6H3,(H,31,35). The van der Waals surface area contributed by atoms with Gasteiger partial charge in [0.25, 0.3) is 17.6 Å². The molecule has 3 N–H and O–H groups in total. The first-order valence-electron chi connectivity index (χ1n) is 12.3. The van der Waals surface area contributed by atoms with Crippen LogP contribution in [-0.2, 0) is 26.1 Å². The molecule has 12 heteroatoms. The second kappa shape index (κ2) is 11.3. The van der Waals surface area contributed by atoms with Gasteiger partial charge >= 0.3 is 5.97 Å². The first kappa shape index (κ1) is 29.5. The molecule has 11 nitrogen and oxygen atoms in total. The summed E-state index contributed by atoms with van der Waals surface area (Å²) in [6.45, 7) is 8.14. The third kappa shape index (κ3) is 5.69. The molecule has 0 saturated carbocycles. The van der Waals surface area contributed by atoms with Gasteiger partial charge in [-0.1, -0.05) is 13.8 Å². The van der Waals surface area contributed by atoms with Gasteiger partial charge < -0.3 is 25.1 Å². The Bertz CT molecular complexity index is 1370. The van der Waals surface area contributed by atoms with Crippen LogP contribution in [0.25, 0.3) is 0 Å². The van der Waals surface area contributed by atoms with Crippen molar-refractivity contribution >= 4 is 29.3 Å². The number of carbonyl (C=O) groups excluding carboxylic acids is 4. The van der Waals surface area contributed by atoms with Crippen molar-refractivity contribution in [3.8, 4) is 6.07 Å². The van der Waals surface area contributed by atoms with Crippen molar-refractivity contribution in [1.29, 1.82) is 5.26 Å². The number of carbonyl (C=O) groups is 4. The maximum Gasteiger partial charge on any atom is 0.324 e. The summed E-state index contributed by atoms with van der Waals surface area (Å²) in [5, 5.41) is 11.7. The number of hydrogen-bond acceptors (Lipinski definition) is 8. The summed E-state index contributed by atoms with van der Waals surface area (Å²) < 4.78 is 25.7. The summed E-state index contributed by atoms with van der Waals surface area (Å²) in [6.07, 6.45) is 0. The van der Waals surface area contributed by atoms with Gasteiger partial charge in [-0.25, -0.2) is 4.39 Å². The number of Topliss-reactive ketones (excluding diaryl/α,β-unsaturated/α-hetero) is 1. The number of halogens is 1. The molecule has 0 aliphatic carbocycles. The maximum absolute atomic E-state index is 13.7. The molecule has 39 heavy (non-hydrogen) atoms. The van der Waals surface area contributed by atoms with Crippen molar-refractivity contribution in [3.05, 3.63) is 52.1 Å². The van der Waals surface area contributed by atoms with Crippen molar-refractivity contribution in [3.63, 3.8) is 0 Å². The normalized spacial score (nSPS) is 14.7. The van der Waals surface area contributed by atoms with E-state index in [2.05, 4.69) is 5.32 Å². The Hall–Kier alpha value is -4.08. The number of anilines is 1.